The molecule has 3 heteroatoms. The van der Waals surface area contributed by atoms with Gasteiger partial charge in [-0.3, -0.25) is 4.79 Å². The molecule has 30 heavy (non-hydrogen) atoms. The number of hydrogen-bond acceptors (Lipinski definition) is 3. The molecule has 0 aliphatic heterocycles. The molecule has 0 spiro atoms. The fraction of sp³-hybridized carbons (Fsp3) is 0.593. The lowest BCUT2D eigenvalue weighted by Gasteiger charge is -2.41. The molecule has 2 fully saturated rings. The van der Waals surface area contributed by atoms with E-state index >= 15 is 0 Å². The largest absolute Gasteiger partial charge is 0.508 e. The Labute approximate surface area is 182 Å². The molecule has 0 saturated heterocycles. The van der Waals surface area contributed by atoms with Crippen LogP contribution in [-0.2, 0) is 4.79 Å². The van der Waals surface area contributed by atoms with Crippen molar-refractivity contribution in [3.05, 3.63) is 59.4 Å². The number of allylic oxidation sites excluding steroid dienone is 8. The van der Waals surface area contributed by atoms with Gasteiger partial charge in [0.2, 0.25) is 0 Å². The van der Waals surface area contributed by atoms with E-state index in [0.29, 0.717) is 18.1 Å². The second-order valence-corrected chi connectivity index (χ2v) is 9.11. The Kier molecular flexibility index (Phi) is 8.74. The number of nitrogens with one attached hydrogen (secondary N) is 1. The Morgan fingerprint density at radius 3 is 2.60 bits per heavy atom. The highest BCUT2D eigenvalue weighted by atomic mass is 16.3. The van der Waals surface area contributed by atoms with E-state index < -0.39 is 0 Å². The zero-order valence-electron chi connectivity index (χ0n) is 18.7. The van der Waals surface area contributed by atoms with Gasteiger partial charge in [-0.05, 0) is 56.8 Å². The lowest BCUT2D eigenvalue weighted by Crippen LogP contribution is -2.30. The van der Waals surface area contributed by atoms with Gasteiger partial charge in [-0.2, -0.15) is 0 Å². The van der Waals surface area contributed by atoms with Gasteiger partial charge < -0.3 is 10.4 Å². The lowest BCUT2D eigenvalue weighted by atomic mass is 9.63. The van der Waals surface area contributed by atoms with Crippen LogP contribution in [0.15, 0.2) is 59.4 Å². The van der Waals surface area contributed by atoms with Crippen molar-refractivity contribution in [2.45, 2.75) is 77.6 Å². The van der Waals surface area contributed by atoms with Crippen LogP contribution in [0, 0.1) is 11.3 Å². The molecular weight excluding hydrogens is 370 g/mol. The van der Waals surface area contributed by atoms with E-state index in [9.17, 15) is 9.90 Å². The molecule has 3 rings (SSSR count). The minimum atomic E-state index is 0.0624. The number of carbonyl (C=O) groups excluding carboxylic acids is 1. The van der Waals surface area contributed by atoms with Gasteiger partial charge >= 0.3 is 0 Å². The smallest absolute Gasteiger partial charge is 0.149 e. The van der Waals surface area contributed by atoms with Gasteiger partial charge in [0, 0.05) is 17.9 Å². The van der Waals surface area contributed by atoms with Gasteiger partial charge in [0.15, 0.2) is 0 Å². The first-order valence-electron chi connectivity index (χ1n) is 12.0. The molecule has 3 aliphatic carbocycles. The Morgan fingerprint density at radius 1 is 1.13 bits per heavy atom. The maximum atomic E-state index is 12.4. The van der Waals surface area contributed by atoms with Gasteiger partial charge in [0.05, 0.1) is 6.54 Å². The summed E-state index contributed by atoms with van der Waals surface area (Å²) in [6.45, 7) is 3.35. The van der Waals surface area contributed by atoms with Crippen molar-refractivity contribution in [1.82, 2.24) is 5.32 Å². The molecule has 0 unspecified atom stereocenters. The minimum absolute atomic E-state index is 0.0624. The molecule has 0 aromatic rings. The van der Waals surface area contributed by atoms with E-state index in [1.165, 1.54) is 62.5 Å². The average molecular weight is 410 g/mol. The number of aliphatic hydroxyl groups excluding tert-OH is 1. The summed E-state index contributed by atoms with van der Waals surface area (Å²) < 4.78 is 0. The summed E-state index contributed by atoms with van der Waals surface area (Å²) >= 11 is 0. The van der Waals surface area contributed by atoms with E-state index in [2.05, 4.69) is 42.6 Å². The van der Waals surface area contributed by atoms with Crippen molar-refractivity contribution in [2.75, 3.05) is 13.1 Å². The van der Waals surface area contributed by atoms with Crippen LogP contribution < -0.4 is 5.32 Å². The fourth-order valence-electron chi connectivity index (χ4n) is 5.49. The third-order valence-electron chi connectivity index (χ3n) is 7.19. The van der Waals surface area contributed by atoms with Gasteiger partial charge in [0.25, 0.3) is 0 Å². The van der Waals surface area contributed by atoms with Gasteiger partial charge in [0.1, 0.15) is 11.5 Å². The molecule has 3 aliphatic rings. The summed E-state index contributed by atoms with van der Waals surface area (Å²) in [4.78, 5) is 12.4. The van der Waals surface area contributed by atoms with E-state index in [1.807, 2.05) is 6.08 Å². The van der Waals surface area contributed by atoms with Crippen LogP contribution in [0.1, 0.15) is 77.6 Å². The Bertz CT molecular complexity index is 726. The predicted molar refractivity (Wildman–Crippen MR) is 125 cm³/mol. The summed E-state index contributed by atoms with van der Waals surface area (Å²) in [7, 11) is 0. The average Bonchev–Trinajstić information content (AvgIpc) is 3.02. The highest BCUT2D eigenvalue weighted by Gasteiger charge is 2.37. The first-order chi connectivity index (χ1) is 14.7. The Balaban J connectivity index is 1.62. The number of ketones is 1. The van der Waals surface area contributed by atoms with Gasteiger partial charge in [-0.15, -0.1) is 0 Å². The molecule has 164 valence electrons. The van der Waals surface area contributed by atoms with Crippen LogP contribution in [0.3, 0.4) is 0 Å². The quantitative estimate of drug-likeness (QED) is 0.355. The van der Waals surface area contributed by atoms with Crippen molar-refractivity contribution >= 4 is 5.78 Å². The van der Waals surface area contributed by atoms with Crippen molar-refractivity contribution in [1.29, 1.82) is 0 Å². The normalized spacial score (nSPS) is 23.2. The molecule has 0 atom stereocenters. The van der Waals surface area contributed by atoms with Crippen LogP contribution in [0.5, 0.6) is 0 Å². The summed E-state index contributed by atoms with van der Waals surface area (Å²) in [5.74, 6) is 1.01. The molecule has 0 heterocycles. The first kappa shape index (κ1) is 22.8. The highest BCUT2D eigenvalue weighted by Crippen LogP contribution is 2.50. The van der Waals surface area contributed by atoms with Crippen LogP contribution in [0.4, 0.5) is 0 Å². The third kappa shape index (κ3) is 5.85. The molecule has 2 saturated carbocycles. The monoisotopic (exact) mass is 409 g/mol. The van der Waals surface area contributed by atoms with Crippen molar-refractivity contribution in [2.24, 2.45) is 11.3 Å². The molecule has 0 radical (unpaired) electrons. The maximum absolute atomic E-state index is 12.4. The standard InChI is InChI=1S/C27H39NO2/c1-2-23(14-10-20-28-21-26(30)22-11-5-3-6-12-22)27(18-7-4-8-19-27)24-13-9-15-25(29)17-16-24/h2,9-10,14-17,22,28-29H,3-8,11-13,18-21H2,1H3/b14-10-,23-2+. The molecule has 2 N–H and O–H groups in total. The summed E-state index contributed by atoms with van der Waals surface area (Å²) in [6, 6.07) is 0. The predicted octanol–water partition coefficient (Wildman–Crippen LogP) is 6.51. The van der Waals surface area contributed by atoms with E-state index in [1.54, 1.807) is 6.08 Å². The number of carbonyl (C=O) groups is 1. The third-order valence-corrected chi connectivity index (χ3v) is 7.19. The number of rotatable bonds is 8. The Morgan fingerprint density at radius 2 is 1.87 bits per heavy atom. The molecular formula is C27H39NO2. The number of aliphatic hydroxyl groups is 1. The van der Waals surface area contributed by atoms with E-state index in [0.717, 1.165) is 25.8 Å². The molecule has 0 amide bonds. The Hall–Kier alpha value is -1.87. The van der Waals surface area contributed by atoms with Crippen LogP contribution >= 0.6 is 0 Å². The minimum Gasteiger partial charge on any atom is -0.508 e. The van der Waals surface area contributed by atoms with Gasteiger partial charge in [-0.1, -0.05) is 74.5 Å². The first-order valence-corrected chi connectivity index (χ1v) is 12.0. The summed E-state index contributed by atoms with van der Waals surface area (Å²) in [6.07, 6.45) is 27.4. The summed E-state index contributed by atoms with van der Waals surface area (Å²) in [5.41, 5.74) is 2.84. The van der Waals surface area contributed by atoms with E-state index in [4.69, 9.17) is 0 Å². The summed E-state index contributed by atoms with van der Waals surface area (Å²) in [5, 5.41) is 13.2. The van der Waals surface area contributed by atoms with Crippen LogP contribution in [0.2, 0.25) is 0 Å². The maximum Gasteiger partial charge on any atom is 0.149 e. The topological polar surface area (TPSA) is 49.3 Å². The van der Waals surface area contributed by atoms with Crippen LogP contribution in [0.25, 0.3) is 0 Å². The van der Waals surface area contributed by atoms with Crippen molar-refractivity contribution in [3.63, 3.8) is 0 Å². The molecule has 3 nitrogen and oxygen atoms in total. The van der Waals surface area contributed by atoms with Crippen molar-refractivity contribution in [3.8, 4) is 0 Å². The molecule has 0 bridgehead atoms. The fourth-order valence-corrected chi connectivity index (χ4v) is 5.49. The molecule has 0 aromatic carbocycles. The highest BCUT2D eigenvalue weighted by molar-refractivity contribution is 5.83. The lowest BCUT2D eigenvalue weighted by molar-refractivity contribution is -0.122. The number of Topliss-reactive ketones (excluding diaryl/α,β-unsaturated/α-hetero) is 1. The second kappa shape index (κ2) is 11.5. The van der Waals surface area contributed by atoms with Crippen LogP contribution in [-0.4, -0.2) is 24.0 Å². The zero-order chi connectivity index (χ0) is 21.2. The van der Waals surface area contributed by atoms with E-state index in [-0.39, 0.29) is 11.3 Å². The number of hydrogen-bond donors (Lipinski definition) is 2. The van der Waals surface area contributed by atoms with Crippen molar-refractivity contribution < 1.29 is 9.90 Å². The molecule has 0 aromatic heterocycles. The second-order valence-electron chi connectivity index (χ2n) is 9.11. The van der Waals surface area contributed by atoms with Gasteiger partial charge in [-0.25, -0.2) is 0 Å². The zero-order valence-corrected chi connectivity index (χ0v) is 18.7. The SMILES string of the molecule is C/C=C(\C=C/CNCC(=O)C1CCCCC1)C1(C2=CC=C(O)C=CC2)CCCCC1.